The summed E-state index contributed by atoms with van der Waals surface area (Å²) in [4.78, 5) is 0. The number of hydrogen-bond donors (Lipinski definition) is 0. The van der Waals surface area contributed by atoms with Crippen molar-refractivity contribution >= 4 is 17.8 Å². The van der Waals surface area contributed by atoms with Crippen LogP contribution in [0.25, 0.3) is 0 Å². The third-order valence-electron chi connectivity index (χ3n) is 0.330. The van der Waals surface area contributed by atoms with Gasteiger partial charge in [0.25, 0.3) is 0 Å². The first-order chi connectivity index (χ1) is 2.91. The van der Waals surface area contributed by atoms with E-state index in [4.69, 9.17) is 0 Å². The van der Waals surface area contributed by atoms with E-state index in [1.807, 2.05) is 0 Å². The minimum Gasteiger partial charge on any atom is -0.490 e. The molecule has 0 aliphatic heterocycles. The molecule has 0 aliphatic rings. The van der Waals surface area contributed by atoms with Gasteiger partial charge in [-0.3, -0.25) is 0 Å². The first-order valence-corrected chi connectivity index (χ1v) is 2.23. The van der Waals surface area contributed by atoms with Gasteiger partial charge in [-0.1, -0.05) is 0 Å². The quantitative estimate of drug-likeness (QED) is 0.392. The van der Waals surface area contributed by atoms with Crippen LogP contribution in [-0.2, 0) is 4.74 Å². The normalized spacial score (nSPS) is 7.50. The summed E-state index contributed by atoms with van der Waals surface area (Å²) < 4.78 is 4.61. The zero-order valence-electron chi connectivity index (χ0n) is 3.52. The van der Waals surface area contributed by atoms with Gasteiger partial charge in [0.15, 0.2) is 0 Å². The van der Waals surface area contributed by atoms with Crippen molar-refractivity contribution in [3.63, 3.8) is 0 Å². The van der Waals surface area contributed by atoms with Crippen molar-refractivity contribution in [2.45, 2.75) is 6.42 Å². The highest BCUT2D eigenvalue weighted by Crippen LogP contribution is 1.72. The molecule has 2 heteroatoms. The summed E-state index contributed by atoms with van der Waals surface area (Å²) in [7, 11) is 0. The molecule has 0 bridgehead atoms. The number of ether oxygens (including phenoxy) is 1. The Labute approximate surface area is 43.3 Å². The van der Waals surface area contributed by atoms with Crippen LogP contribution in [0.3, 0.4) is 0 Å². The van der Waals surface area contributed by atoms with Crippen LogP contribution < -0.4 is 0 Å². The minimum absolute atomic E-state index is 0.642. The molecule has 0 aromatic carbocycles. The predicted molar refractivity (Wildman–Crippen MR) is 29.6 cm³/mol. The van der Waals surface area contributed by atoms with Crippen LogP contribution in [0.4, 0.5) is 0 Å². The molecular formula is C4H7OS. The van der Waals surface area contributed by atoms with Crippen LogP contribution in [0.1, 0.15) is 6.42 Å². The Kier molecular flexibility index (Phi) is 4.80. The molecule has 1 radical (unpaired) electrons. The molecule has 0 unspecified atom stereocenters. The molecule has 0 amide bonds. The van der Waals surface area contributed by atoms with Crippen molar-refractivity contribution in [2.24, 2.45) is 0 Å². The molecule has 6 heavy (non-hydrogen) atoms. The molecule has 0 saturated heterocycles. The van der Waals surface area contributed by atoms with Crippen LogP contribution >= 0.6 is 12.2 Å². The van der Waals surface area contributed by atoms with Gasteiger partial charge in [0, 0.05) is 0 Å². The molecule has 0 aromatic heterocycles. The van der Waals surface area contributed by atoms with Crippen LogP contribution in [-0.4, -0.2) is 12.2 Å². The van der Waals surface area contributed by atoms with E-state index in [0.29, 0.717) is 6.61 Å². The van der Waals surface area contributed by atoms with E-state index in [-0.39, 0.29) is 0 Å². The van der Waals surface area contributed by atoms with E-state index < -0.39 is 0 Å². The molecule has 0 N–H and O–H groups in total. The molecule has 0 spiro atoms. The van der Waals surface area contributed by atoms with Gasteiger partial charge < -0.3 is 4.74 Å². The standard InChI is InChI=1S/C4H7OS/c1-2-3-5-4-6/h4H,1-3H2. The maximum Gasteiger partial charge on any atom is 0.146 e. The van der Waals surface area contributed by atoms with Crippen LogP contribution in [0, 0.1) is 6.92 Å². The second kappa shape index (κ2) is 4.89. The zero-order chi connectivity index (χ0) is 4.83. The highest BCUT2D eigenvalue weighted by molar-refractivity contribution is 7.78. The monoisotopic (exact) mass is 103 g/mol. The Morgan fingerprint density at radius 1 is 1.83 bits per heavy atom. The lowest BCUT2D eigenvalue weighted by molar-refractivity contribution is 0.334. The van der Waals surface area contributed by atoms with E-state index in [2.05, 4.69) is 23.9 Å². The smallest absolute Gasteiger partial charge is 0.146 e. The van der Waals surface area contributed by atoms with Gasteiger partial charge >= 0.3 is 0 Å². The molecule has 35 valence electrons. The van der Waals surface area contributed by atoms with Gasteiger partial charge in [-0.2, -0.15) is 0 Å². The summed E-state index contributed by atoms with van der Waals surface area (Å²) in [6.07, 6.45) is 0.785. The average molecular weight is 103 g/mol. The molecule has 0 saturated carbocycles. The lowest BCUT2D eigenvalue weighted by Gasteiger charge is -1.88. The van der Waals surface area contributed by atoms with Crippen molar-refractivity contribution in [1.82, 2.24) is 0 Å². The van der Waals surface area contributed by atoms with Crippen molar-refractivity contribution in [2.75, 3.05) is 6.61 Å². The largest absolute Gasteiger partial charge is 0.490 e. The van der Waals surface area contributed by atoms with E-state index in [9.17, 15) is 0 Å². The summed E-state index contributed by atoms with van der Waals surface area (Å²) in [6.45, 7) is 4.17. The Morgan fingerprint density at radius 2 is 2.50 bits per heavy atom. The van der Waals surface area contributed by atoms with Gasteiger partial charge in [-0.15, -0.1) is 0 Å². The Balaban J connectivity index is 2.49. The topological polar surface area (TPSA) is 9.23 Å². The number of hydrogen-bond acceptors (Lipinski definition) is 2. The molecule has 0 fully saturated rings. The molecule has 0 atom stereocenters. The van der Waals surface area contributed by atoms with Gasteiger partial charge in [0.2, 0.25) is 0 Å². The Bertz CT molecular complexity index is 36.5. The van der Waals surface area contributed by atoms with E-state index in [1.165, 1.54) is 5.55 Å². The van der Waals surface area contributed by atoms with Crippen LogP contribution in [0.5, 0.6) is 0 Å². The first kappa shape index (κ1) is 5.89. The van der Waals surface area contributed by atoms with Crippen molar-refractivity contribution in [3.05, 3.63) is 6.92 Å². The minimum atomic E-state index is 0.642. The summed E-state index contributed by atoms with van der Waals surface area (Å²) in [5.74, 6) is 0. The third kappa shape index (κ3) is 3.89. The van der Waals surface area contributed by atoms with Crippen molar-refractivity contribution in [1.29, 1.82) is 0 Å². The van der Waals surface area contributed by atoms with Gasteiger partial charge in [0.05, 0.1) is 6.61 Å². The van der Waals surface area contributed by atoms with Crippen LogP contribution in [0.2, 0.25) is 0 Å². The van der Waals surface area contributed by atoms with Crippen molar-refractivity contribution in [3.8, 4) is 0 Å². The highest BCUT2D eigenvalue weighted by Gasteiger charge is 1.69. The Hall–Kier alpha value is -0.110. The fourth-order valence-corrected chi connectivity index (χ4v) is 0.228. The van der Waals surface area contributed by atoms with Gasteiger partial charge in [-0.25, -0.2) is 0 Å². The maximum atomic E-state index is 4.61. The van der Waals surface area contributed by atoms with Crippen molar-refractivity contribution < 1.29 is 4.74 Å². The molecule has 0 aliphatic carbocycles. The SMILES string of the molecule is [CH2]CCOC=S. The first-order valence-electron chi connectivity index (χ1n) is 1.76. The predicted octanol–water partition coefficient (Wildman–Crippen LogP) is 1.18. The maximum absolute atomic E-state index is 4.61. The van der Waals surface area contributed by atoms with E-state index in [0.717, 1.165) is 6.42 Å². The summed E-state index contributed by atoms with van der Waals surface area (Å²) in [5, 5.41) is 0. The highest BCUT2D eigenvalue weighted by atomic mass is 32.1. The lowest BCUT2D eigenvalue weighted by atomic mass is 10.5. The van der Waals surface area contributed by atoms with E-state index >= 15 is 0 Å². The van der Waals surface area contributed by atoms with Gasteiger partial charge in [-0.05, 0) is 25.6 Å². The summed E-state index contributed by atoms with van der Waals surface area (Å²) >= 11 is 4.34. The molecular weight excluding hydrogens is 96.1 g/mol. The third-order valence-corrected chi connectivity index (χ3v) is 0.466. The fourth-order valence-electron chi connectivity index (χ4n) is 0.131. The fraction of sp³-hybridized carbons (Fsp3) is 0.500. The summed E-state index contributed by atoms with van der Waals surface area (Å²) in [6, 6.07) is 0. The molecule has 0 rings (SSSR count). The average Bonchev–Trinajstić information content (AvgIpc) is 1.61. The van der Waals surface area contributed by atoms with Crippen LogP contribution in [0.15, 0.2) is 0 Å². The second-order valence-electron chi connectivity index (χ2n) is 0.821. The summed E-state index contributed by atoms with van der Waals surface area (Å²) in [5.41, 5.74) is 1.26. The lowest BCUT2D eigenvalue weighted by Crippen LogP contribution is -1.84. The zero-order valence-corrected chi connectivity index (χ0v) is 4.33. The number of thiocarbonyl (C=S) groups is 1. The van der Waals surface area contributed by atoms with E-state index in [1.54, 1.807) is 0 Å². The number of rotatable bonds is 3. The molecule has 0 heterocycles. The Morgan fingerprint density at radius 3 is 2.67 bits per heavy atom. The second-order valence-corrected chi connectivity index (χ2v) is 1.01. The van der Waals surface area contributed by atoms with Gasteiger partial charge in [0.1, 0.15) is 5.55 Å². The molecule has 1 nitrogen and oxygen atoms in total. The molecule has 0 aromatic rings.